The quantitative estimate of drug-likeness (QED) is 0.872. The first-order chi connectivity index (χ1) is 8.13. The molecule has 2 nitrogen and oxygen atoms in total. The van der Waals surface area contributed by atoms with Crippen LogP contribution in [0.1, 0.15) is 43.2 Å². The van der Waals surface area contributed by atoms with E-state index in [1.165, 1.54) is 0 Å². The van der Waals surface area contributed by atoms with Crippen molar-refractivity contribution in [1.29, 1.82) is 0 Å². The molecule has 1 aromatic rings. The van der Waals surface area contributed by atoms with Gasteiger partial charge in [0.25, 0.3) is 0 Å². The molecule has 1 fully saturated rings. The maximum atomic E-state index is 14.0. The van der Waals surface area contributed by atoms with Gasteiger partial charge in [0.1, 0.15) is 0 Å². The number of rotatable bonds is 3. The Bertz CT molecular complexity index is 397. The Morgan fingerprint density at radius 3 is 2.71 bits per heavy atom. The first kappa shape index (κ1) is 12.4. The minimum Gasteiger partial charge on any atom is -0.493 e. The zero-order valence-corrected chi connectivity index (χ0v) is 10.7. The van der Waals surface area contributed by atoms with Gasteiger partial charge in [0.15, 0.2) is 11.6 Å². The smallest absolute Gasteiger partial charge is 0.165 e. The summed E-state index contributed by atoms with van der Waals surface area (Å²) < 4.78 is 19.2. The van der Waals surface area contributed by atoms with Gasteiger partial charge in [0.05, 0.1) is 7.11 Å². The Hall–Kier alpha value is -1.09. The molecule has 0 bridgehead atoms. The van der Waals surface area contributed by atoms with Gasteiger partial charge < -0.3 is 10.1 Å². The lowest BCUT2D eigenvalue weighted by molar-refractivity contribution is 0.377. The highest BCUT2D eigenvalue weighted by Gasteiger charge is 2.23. The number of hydrogen-bond donors (Lipinski definition) is 1. The lowest BCUT2D eigenvalue weighted by atomic mass is 9.92. The Morgan fingerprint density at radius 1 is 1.41 bits per heavy atom. The van der Waals surface area contributed by atoms with Gasteiger partial charge in [-0.1, -0.05) is 19.9 Å². The van der Waals surface area contributed by atoms with Crippen LogP contribution in [0.2, 0.25) is 0 Å². The summed E-state index contributed by atoms with van der Waals surface area (Å²) in [6.07, 6.45) is 1.05. The van der Waals surface area contributed by atoms with Crippen LogP contribution in [0.25, 0.3) is 0 Å². The van der Waals surface area contributed by atoms with Crippen LogP contribution in [0.5, 0.6) is 5.75 Å². The number of ether oxygens (including phenoxy) is 1. The fraction of sp³-hybridized carbons (Fsp3) is 0.571. The summed E-state index contributed by atoms with van der Waals surface area (Å²) in [5, 5.41) is 3.31. The molecular weight excluding hydrogens is 217 g/mol. The van der Waals surface area contributed by atoms with Gasteiger partial charge in [-0.2, -0.15) is 0 Å². The van der Waals surface area contributed by atoms with Crippen molar-refractivity contribution in [2.75, 3.05) is 20.2 Å². The average Bonchev–Trinajstić information content (AvgIpc) is 2.81. The van der Waals surface area contributed by atoms with Crippen molar-refractivity contribution >= 4 is 0 Å². The van der Waals surface area contributed by atoms with Crippen molar-refractivity contribution in [1.82, 2.24) is 5.32 Å². The fourth-order valence-corrected chi connectivity index (χ4v) is 2.41. The molecule has 1 N–H and O–H groups in total. The largest absolute Gasteiger partial charge is 0.493 e. The van der Waals surface area contributed by atoms with Crippen LogP contribution in [0.15, 0.2) is 12.1 Å². The molecule has 3 heteroatoms. The fourth-order valence-electron chi connectivity index (χ4n) is 2.41. The predicted molar refractivity (Wildman–Crippen MR) is 67.3 cm³/mol. The minimum absolute atomic E-state index is 0.236. The summed E-state index contributed by atoms with van der Waals surface area (Å²) >= 11 is 0. The third-order valence-corrected chi connectivity index (χ3v) is 3.47. The summed E-state index contributed by atoms with van der Waals surface area (Å²) in [6, 6.07) is 3.69. The molecule has 0 aromatic heterocycles. The summed E-state index contributed by atoms with van der Waals surface area (Å²) in [7, 11) is 1.54. The molecule has 0 amide bonds. The molecule has 0 saturated carbocycles. The zero-order chi connectivity index (χ0) is 12.4. The monoisotopic (exact) mass is 237 g/mol. The van der Waals surface area contributed by atoms with Gasteiger partial charge in [-0.25, -0.2) is 4.39 Å². The Labute approximate surface area is 102 Å². The minimum atomic E-state index is -0.236. The molecule has 0 spiro atoms. The van der Waals surface area contributed by atoms with Gasteiger partial charge in [-0.3, -0.25) is 0 Å². The average molecular weight is 237 g/mol. The molecule has 1 saturated heterocycles. The normalized spacial score (nSPS) is 19.9. The van der Waals surface area contributed by atoms with E-state index in [-0.39, 0.29) is 5.82 Å². The highest BCUT2D eigenvalue weighted by Crippen LogP contribution is 2.35. The third-order valence-electron chi connectivity index (χ3n) is 3.47. The van der Waals surface area contributed by atoms with E-state index in [1.54, 1.807) is 13.2 Å². The van der Waals surface area contributed by atoms with Crippen LogP contribution in [-0.2, 0) is 0 Å². The van der Waals surface area contributed by atoms with Crippen LogP contribution in [0.3, 0.4) is 0 Å². The van der Waals surface area contributed by atoms with Crippen molar-refractivity contribution in [2.45, 2.75) is 32.1 Å². The van der Waals surface area contributed by atoms with Crippen LogP contribution < -0.4 is 10.1 Å². The van der Waals surface area contributed by atoms with E-state index in [1.807, 2.05) is 0 Å². The summed E-state index contributed by atoms with van der Waals surface area (Å²) in [5.74, 6) is 0.894. The number of benzene rings is 1. The Balaban J connectivity index is 2.45. The van der Waals surface area contributed by atoms with Crippen molar-refractivity contribution < 1.29 is 9.13 Å². The Kier molecular flexibility index (Phi) is 3.67. The second-order valence-electron chi connectivity index (χ2n) is 4.97. The first-order valence-corrected chi connectivity index (χ1v) is 6.21. The number of hydrogen-bond acceptors (Lipinski definition) is 2. The second-order valence-corrected chi connectivity index (χ2v) is 4.97. The van der Waals surface area contributed by atoms with Gasteiger partial charge in [0, 0.05) is 18.0 Å². The molecule has 17 heavy (non-hydrogen) atoms. The van der Waals surface area contributed by atoms with Crippen LogP contribution in [0, 0.1) is 5.82 Å². The van der Waals surface area contributed by atoms with E-state index in [9.17, 15) is 4.39 Å². The van der Waals surface area contributed by atoms with E-state index in [4.69, 9.17) is 4.74 Å². The highest BCUT2D eigenvalue weighted by molar-refractivity contribution is 5.42. The molecular formula is C14H20FNO. The lowest BCUT2D eigenvalue weighted by Gasteiger charge is -2.17. The van der Waals surface area contributed by atoms with Crippen molar-refractivity contribution in [3.63, 3.8) is 0 Å². The van der Waals surface area contributed by atoms with Gasteiger partial charge in [0.2, 0.25) is 0 Å². The van der Waals surface area contributed by atoms with Gasteiger partial charge in [-0.15, -0.1) is 0 Å². The zero-order valence-electron chi connectivity index (χ0n) is 10.7. The molecule has 0 radical (unpaired) electrons. The summed E-state index contributed by atoms with van der Waals surface area (Å²) in [6.45, 7) is 6.08. The highest BCUT2D eigenvalue weighted by atomic mass is 19.1. The van der Waals surface area contributed by atoms with Crippen LogP contribution in [0.4, 0.5) is 4.39 Å². The molecule has 2 rings (SSSR count). The maximum Gasteiger partial charge on any atom is 0.165 e. The molecule has 1 aliphatic heterocycles. The standard InChI is InChI=1S/C14H20FNO/c1-9(2)11-6-12(10-4-5-16-8-10)14(17-3)13(15)7-11/h6-7,9-10,16H,4-5,8H2,1-3H3. The number of halogens is 1. The van der Waals surface area contributed by atoms with Crippen molar-refractivity contribution in [2.24, 2.45) is 0 Å². The third kappa shape index (κ3) is 2.44. The topological polar surface area (TPSA) is 21.3 Å². The number of methoxy groups -OCH3 is 1. The molecule has 1 atom stereocenters. The SMILES string of the molecule is COc1c(F)cc(C(C)C)cc1C1CCNC1. The van der Waals surface area contributed by atoms with Crippen LogP contribution in [-0.4, -0.2) is 20.2 Å². The maximum absolute atomic E-state index is 14.0. The van der Waals surface area contributed by atoms with Crippen molar-refractivity contribution in [3.05, 3.63) is 29.1 Å². The first-order valence-electron chi connectivity index (χ1n) is 6.21. The van der Waals surface area contributed by atoms with E-state index in [0.717, 1.165) is 30.6 Å². The molecule has 0 aliphatic carbocycles. The van der Waals surface area contributed by atoms with Crippen LogP contribution >= 0.6 is 0 Å². The van der Waals surface area contributed by atoms with E-state index < -0.39 is 0 Å². The van der Waals surface area contributed by atoms with Gasteiger partial charge in [-0.05, 0) is 30.5 Å². The molecule has 94 valence electrons. The molecule has 1 aliphatic rings. The summed E-state index contributed by atoms with van der Waals surface area (Å²) in [5.41, 5.74) is 2.06. The second kappa shape index (κ2) is 5.05. The lowest BCUT2D eigenvalue weighted by Crippen LogP contribution is -2.10. The molecule has 1 aromatic carbocycles. The van der Waals surface area contributed by atoms with Crippen molar-refractivity contribution in [3.8, 4) is 5.75 Å². The molecule has 1 unspecified atom stereocenters. The predicted octanol–water partition coefficient (Wildman–Crippen LogP) is 3.03. The van der Waals surface area contributed by atoms with Gasteiger partial charge >= 0.3 is 0 Å². The number of nitrogens with one attached hydrogen (secondary N) is 1. The van der Waals surface area contributed by atoms with E-state index in [0.29, 0.717) is 17.6 Å². The van der Waals surface area contributed by atoms with E-state index in [2.05, 4.69) is 25.2 Å². The summed E-state index contributed by atoms with van der Waals surface area (Å²) in [4.78, 5) is 0. The van der Waals surface area contributed by atoms with E-state index >= 15 is 0 Å². The Morgan fingerprint density at radius 2 is 2.18 bits per heavy atom. The molecule has 1 heterocycles.